The standard InChI is InChI=1S/C23H22FN5/c1-16-27-22(19-7-4-8-21(24)12-19)13-23(28-16)25-10-9-17-5-3-6-18(11-17)20-14-26-29(2)15-20/h3-8,11-15H,9-10H2,1-2H3,(H,25,27,28). The van der Waals surface area contributed by atoms with Crippen LogP contribution in [0.3, 0.4) is 0 Å². The van der Waals surface area contributed by atoms with Crippen molar-refractivity contribution in [1.82, 2.24) is 19.7 Å². The first kappa shape index (κ1) is 18.8. The van der Waals surface area contributed by atoms with Crippen molar-refractivity contribution in [3.8, 4) is 22.4 Å². The number of nitrogens with one attached hydrogen (secondary N) is 1. The number of nitrogens with zero attached hydrogens (tertiary/aromatic N) is 4. The van der Waals surface area contributed by atoms with E-state index in [1.807, 2.05) is 38.5 Å². The molecule has 0 aliphatic carbocycles. The van der Waals surface area contributed by atoms with Gasteiger partial charge in [-0.2, -0.15) is 5.10 Å². The quantitative estimate of drug-likeness (QED) is 0.523. The van der Waals surface area contributed by atoms with Gasteiger partial charge in [0.2, 0.25) is 0 Å². The fourth-order valence-corrected chi connectivity index (χ4v) is 3.27. The summed E-state index contributed by atoms with van der Waals surface area (Å²) in [6.45, 7) is 2.57. The minimum absolute atomic E-state index is 0.276. The minimum Gasteiger partial charge on any atom is -0.370 e. The van der Waals surface area contributed by atoms with Gasteiger partial charge in [-0.25, -0.2) is 14.4 Å². The Bertz CT molecular complexity index is 1140. The largest absolute Gasteiger partial charge is 0.370 e. The van der Waals surface area contributed by atoms with Crippen molar-refractivity contribution in [2.45, 2.75) is 13.3 Å². The van der Waals surface area contributed by atoms with Crippen molar-refractivity contribution in [3.05, 3.63) is 84.2 Å². The van der Waals surface area contributed by atoms with Gasteiger partial charge in [-0.3, -0.25) is 4.68 Å². The number of hydrogen-bond acceptors (Lipinski definition) is 4. The number of benzene rings is 2. The molecule has 0 atom stereocenters. The van der Waals surface area contributed by atoms with Crippen LogP contribution in [-0.2, 0) is 13.5 Å². The van der Waals surface area contributed by atoms with Crippen LogP contribution in [0.5, 0.6) is 0 Å². The number of aryl methyl sites for hydroxylation is 2. The van der Waals surface area contributed by atoms with Crippen LogP contribution in [0, 0.1) is 12.7 Å². The monoisotopic (exact) mass is 387 g/mol. The Kier molecular flexibility index (Phi) is 5.33. The summed E-state index contributed by atoms with van der Waals surface area (Å²) in [5, 5.41) is 7.60. The third-order valence-corrected chi connectivity index (χ3v) is 4.64. The molecule has 6 heteroatoms. The highest BCUT2D eigenvalue weighted by Gasteiger charge is 2.06. The maximum Gasteiger partial charge on any atom is 0.130 e. The van der Waals surface area contributed by atoms with E-state index in [0.29, 0.717) is 11.5 Å². The summed E-state index contributed by atoms with van der Waals surface area (Å²) in [4.78, 5) is 8.89. The SMILES string of the molecule is Cc1nc(NCCc2cccc(-c3cnn(C)c3)c2)cc(-c2cccc(F)c2)n1. The van der Waals surface area contributed by atoms with Gasteiger partial charge >= 0.3 is 0 Å². The first-order valence-electron chi connectivity index (χ1n) is 9.50. The third kappa shape index (κ3) is 4.66. The zero-order valence-electron chi connectivity index (χ0n) is 16.4. The molecule has 29 heavy (non-hydrogen) atoms. The second-order valence-corrected chi connectivity index (χ2v) is 6.98. The smallest absolute Gasteiger partial charge is 0.130 e. The summed E-state index contributed by atoms with van der Waals surface area (Å²) in [6, 6.07) is 16.7. The fourth-order valence-electron chi connectivity index (χ4n) is 3.27. The van der Waals surface area contributed by atoms with Crippen molar-refractivity contribution in [2.24, 2.45) is 7.05 Å². The highest BCUT2D eigenvalue weighted by atomic mass is 19.1. The lowest BCUT2D eigenvalue weighted by Crippen LogP contribution is -2.08. The Balaban J connectivity index is 1.45. The van der Waals surface area contributed by atoms with Gasteiger partial charge in [0.15, 0.2) is 0 Å². The molecule has 0 saturated heterocycles. The fraction of sp³-hybridized carbons (Fsp3) is 0.174. The Morgan fingerprint density at radius 2 is 1.79 bits per heavy atom. The van der Waals surface area contributed by atoms with E-state index < -0.39 is 0 Å². The van der Waals surface area contributed by atoms with Crippen LogP contribution in [-0.4, -0.2) is 26.3 Å². The number of anilines is 1. The van der Waals surface area contributed by atoms with Gasteiger partial charge in [0, 0.05) is 37.0 Å². The van der Waals surface area contributed by atoms with Crippen LogP contribution in [0.4, 0.5) is 10.2 Å². The van der Waals surface area contributed by atoms with E-state index in [1.165, 1.54) is 17.7 Å². The van der Waals surface area contributed by atoms with Gasteiger partial charge in [-0.15, -0.1) is 0 Å². The minimum atomic E-state index is -0.276. The lowest BCUT2D eigenvalue weighted by Gasteiger charge is -2.10. The second-order valence-electron chi connectivity index (χ2n) is 6.98. The molecule has 0 bridgehead atoms. The van der Waals surface area contributed by atoms with Crippen molar-refractivity contribution >= 4 is 5.82 Å². The number of hydrogen-bond donors (Lipinski definition) is 1. The molecule has 4 rings (SSSR count). The van der Waals surface area contributed by atoms with Crippen LogP contribution in [0.1, 0.15) is 11.4 Å². The molecule has 0 amide bonds. The van der Waals surface area contributed by atoms with Gasteiger partial charge in [0.05, 0.1) is 11.9 Å². The Labute approximate surface area is 169 Å². The maximum atomic E-state index is 13.5. The first-order valence-corrected chi connectivity index (χ1v) is 9.50. The number of rotatable bonds is 6. The molecule has 2 aromatic heterocycles. The molecule has 0 saturated carbocycles. The van der Waals surface area contributed by atoms with Gasteiger partial charge in [0.1, 0.15) is 17.5 Å². The van der Waals surface area contributed by atoms with Crippen molar-refractivity contribution < 1.29 is 4.39 Å². The molecule has 146 valence electrons. The van der Waals surface area contributed by atoms with Crippen molar-refractivity contribution in [1.29, 1.82) is 0 Å². The number of aromatic nitrogens is 4. The zero-order valence-corrected chi connectivity index (χ0v) is 16.4. The summed E-state index contributed by atoms with van der Waals surface area (Å²) in [5.74, 6) is 1.11. The highest BCUT2D eigenvalue weighted by Crippen LogP contribution is 2.22. The van der Waals surface area contributed by atoms with E-state index >= 15 is 0 Å². The maximum absolute atomic E-state index is 13.5. The van der Waals surface area contributed by atoms with E-state index in [4.69, 9.17) is 0 Å². The van der Waals surface area contributed by atoms with Crippen molar-refractivity contribution in [3.63, 3.8) is 0 Å². The van der Waals surface area contributed by atoms with E-state index in [2.05, 4.69) is 44.6 Å². The molecule has 0 spiro atoms. The highest BCUT2D eigenvalue weighted by molar-refractivity contribution is 5.63. The first-order chi connectivity index (χ1) is 14.1. The molecule has 0 unspecified atom stereocenters. The summed E-state index contributed by atoms with van der Waals surface area (Å²) in [5.41, 5.74) is 4.94. The normalized spacial score (nSPS) is 10.9. The molecule has 4 aromatic rings. The molecule has 2 aromatic carbocycles. The van der Waals surface area contributed by atoms with E-state index in [1.54, 1.807) is 10.7 Å². The predicted molar refractivity (Wildman–Crippen MR) is 113 cm³/mol. The van der Waals surface area contributed by atoms with E-state index in [0.717, 1.165) is 35.5 Å². The summed E-state index contributed by atoms with van der Waals surface area (Å²) in [7, 11) is 1.92. The average molecular weight is 387 g/mol. The predicted octanol–water partition coefficient (Wildman–Crippen LogP) is 4.65. The summed E-state index contributed by atoms with van der Waals surface area (Å²) in [6.07, 6.45) is 4.73. The molecule has 1 N–H and O–H groups in total. The molecule has 0 fully saturated rings. The van der Waals surface area contributed by atoms with Gasteiger partial charge in [-0.05, 0) is 36.6 Å². The Morgan fingerprint density at radius 3 is 2.59 bits per heavy atom. The zero-order chi connectivity index (χ0) is 20.2. The second kappa shape index (κ2) is 8.22. The van der Waals surface area contributed by atoms with Crippen LogP contribution in [0.15, 0.2) is 67.0 Å². The molecular weight excluding hydrogens is 365 g/mol. The topological polar surface area (TPSA) is 55.6 Å². The van der Waals surface area contributed by atoms with Gasteiger partial charge in [-0.1, -0.05) is 36.4 Å². The molecule has 2 heterocycles. The van der Waals surface area contributed by atoms with Crippen LogP contribution in [0.25, 0.3) is 22.4 Å². The third-order valence-electron chi connectivity index (χ3n) is 4.64. The van der Waals surface area contributed by atoms with Crippen LogP contribution in [0.2, 0.25) is 0 Å². The molecular formula is C23H22FN5. The Hall–Kier alpha value is -3.54. The van der Waals surface area contributed by atoms with E-state index in [-0.39, 0.29) is 5.82 Å². The average Bonchev–Trinajstić information content (AvgIpc) is 3.14. The molecule has 5 nitrogen and oxygen atoms in total. The molecule has 0 radical (unpaired) electrons. The van der Waals surface area contributed by atoms with Crippen LogP contribution < -0.4 is 5.32 Å². The van der Waals surface area contributed by atoms with Crippen molar-refractivity contribution in [2.75, 3.05) is 11.9 Å². The Morgan fingerprint density at radius 1 is 0.966 bits per heavy atom. The summed E-state index contributed by atoms with van der Waals surface area (Å²) < 4.78 is 15.3. The van der Waals surface area contributed by atoms with Gasteiger partial charge < -0.3 is 5.32 Å². The van der Waals surface area contributed by atoms with E-state index in [9.17, 15) is 4.39 Å². The lowest BCUT2D eigenvalue weighted by atomic mass is 10.0. The number of halogens is 1. The molecule has 0 aliphatic heterocycles. The van der Waals surface area contributed by atoms with Crippen LogP contribution >= 0.6 is 0 Å². The van der Waals surface area contributed by atoms with Gasteiger partial charge in [0.25, 0.3) is 0 Å². The lowest BCUT2D eigenvalue weighted by molar-refractivity contribution is 0.628. The summed E-state index contributed by atoms with van der Waals surface area (Å²) >= 11 is 0. The molecule has 0 aliphatic rings.